The first kappa shape index (κ1) is 16.7. The monoisotopic (exact) mass is 301 g/mol. The smallest absolute Gasteiger partial charge is 0.305 e. The summed E-state index contributed by atoms with van der Waals surface area (Å²) in [5.74, 6) is 0.524. The summed E-state index contributed by atoms with van der Waals surface area (Å²) in [6.07, 6.45) is 1.21. The van der Waals surface area contributed by atoms with Crippen LogP contribution in [0.5, 0.6) is 5.88 Å². The van der Waals surface area contributed by atoms with Gasteiger partial charge < -0.3 is 19.7 Å². The van der Waals surface area contributed by atoms with E-state index in [-0.39, 0.29) is 5.97 Å². The van der Waals surface area contributed by atoms with Gasteiger partial charge in [0, 0.05) is 27.1 Å². The highest BCUT2D eigenvalue weighted by Gasteiger charge is 2.12. The molecule has 20 heavy (non-hydrogen) atoms. The molecule has 114 valence electrons. The lowest BCUT2D eigenvalue weighted by atomic mass is 10.3. The van der Waals surface area contributed by atoms with Crippen molar-refractivity contribution in [3.05, 3.63) is 4.88 Å². The minimum absolute atomic E-state index is 0.139. The summed E-state index contributed by atoms with van der Waals surface area (Å²) in [6, 6.07) is 0. The molecule has 1 rings (SSSR count). The number of rotatable bonds is 9. The normalized spacial score (nSPS) is 10.4. The van der Waals surface area contributed by atoms with E-state index in [1.807, 2.05) is 25.9 Å². The number of anilines is 1. The zero-order valence-electron chi connectivity index (χ0n) is 12.6. The van der Waals surface area contributed by atoms with Crippen molar-refractivity contribution in [2.45, 2.75) is 26.3 Å². The number of hydrogen-bond acceptors (Lipinski definition) is 7. The van der Waals surface area contributed by atoms with Gasteiger partial charge in [-0.1, -0.05) is 11.3 Å². The van der Waals surface area contributed by atoms with Crippen LogP contribution >= 0.6 is 11.3 Å². The van der Waals surface area contributed by atoms with Crippen molar-refractivity contribution < 1.29 is 14.3 Å². The molecule has 0 fully saturated rings. The Labute approximate surface area is 124 Å². The number of hydrogen-bond donors (Lipinski definition) is 1. The van der Waals surface area contributed by atoms with Crippen molar-refractivity contribution in [1.29, 1.82) is 0 Å². The molecule has 0 aromatic carbocycles. The zero-order valence-corrected chi connectivity index (χ0v) is 13.4. The molecule has 7 heteroatoms. The largest absolute Gasteiger partial charge is 0.480 e. The van der Waals surface area contributed by atoms with E-state index < -0.39 is 0 Å². The fraction of sp³-hybridized carbons (Fsp3) is 0.692. The van der Waals surface area contributed by atoms with Gasteiger partial charge in [-0.2, -0.15) is 4.98 Å². The van der Waals surface area contributed by atoms with E-state index in [1.165, 1.54) is 0 Å². The number of methoxy groups -OCH3 is 1. The van der Waals surface area contributed by atoms with Crippen LogP contribution in [0.15, 0.2) is 0 Å². The number of thiazole rings is 1. The molecular weight excluding hydrogens is 278 g/mol. The third kappa shape index (κ3) is 5.34. The first-order valence-electron chi connectivity index (χ1n) is 6.65. The number of ether oxygens (including phenoxy) is 2. The molecule has 0 atom stereocenters. The molecule has 1 aromatic heterocycles. The summed E-state index contributed by atoms with van der Waals surface area (Å²) in [5, 5.41) is 4.21. The van der Waals surface area contributed by atoms with E-state index in [2.05, 4.69) is 10.3 Å². The summed E-state index contributed by atoms with van der Waals surface area (Å²) in [7, 11) is 5.53. The second-order valence-corrected chi connectivity index (χ2v) is 5.47. The van der Waals surface area contributed by atoms with Gasteiger partial charge in [0.25, 0.3) is 0 Å². The van der Waals surface area contributed by atoms with Crippen LogP contribution in [0.2, 0.25) is 0 Å². The van der Waals surface area contributed by atoms with E-state index in [1.54, 1.807) is 18.4 Å². The summed E-state index contributed by atoms with van der Waals surface area (Å²) >= 11 is 1.60. The molecule has 0 aliphatic carbocycles. The van der Waals surface area contributed by atoms with Crippen LogP contribution in [0.4, 0.5) is 5.13 Å². The second kappa shape index (κ2) is 8.76. The molecule has 0 saturated heterocycles. The van der Waals surface area contributed by atoms with Crippen LogP contribution in [0.3, 0.4) is 0 Å². The predicted octanol–water partition coefficient (Wildman–Crippen LogP) is 1.65. The van der Waals surface area contributed by atoms with Crippen molar-refractivity contribution >= 4 is 22.4 Å². The Kier molecular flexibility index (Phi) is 7.32. The van der Waals surface area contributed by atoms with Gasteiger partial charge >= 0.3 is 5.97 Å². The van der Waals surface area contributed by atoms with Gasteiger partial charge in [0.1, 0.15) is 0 Å². The lowest BCUT2D eigenvalue weighted by Gasteiger charge is -2.05. The maximum atomic E-state index is 11.2. The first-order valence-corrected chi connectivity index (χ1v) is 7.47. The van der Waals surface area contributed by atoms with Crippen molar-refractivity contribution in [1.82, 2.24) is 10.3 Å². The van der Waals surface area contributed by atoms with Gasteiger partial charge in [-0.05, 0) is 19.9 Å². The lowest BCUT2D eigenvalue weighted by Crippen LogP contribution is -2.16. The van der Waals surface area contributed by atoms with Crippen molar-refractivity contribution in [3.63, 3.8) is 0 Å². The molecule has 1 N–H and O–H groups in total. The average molecular weight is 301 g/mol. The Balaban J connectivity index is 2.33. The maximum Gasteiger partial charge on any atom is 0.305 e. The fourth-order valence-electron chi connectivity index (χ4n) is 1.58. The van der Waals surface area contributed by atoms with Gasteiger partial charge in [0.15, 0.2) is 5.13 Å². The summed E-state index contributed by atoms with van der Waals surface area (Å²) in [5.41, 5.74) is 0. The molecule has 0 aliphatic heterocycles. The molecule has 1 aromatic rings. The zero-order chi connectivity index (χ0) is 15.0. The Bertz CT molecular complexity index is 421. The van der Waals surface area contributed by atoms with Crippen LogP contribution in [0, 0.1) is 0 Å². The number of aromatic nitrogens is 1. The van der Waals surface area contributed by atoms with E-state index in [0.29, 0.717) is 25.5 Å². The van der Waals surface area contributed by atoms with E-state index in [4.69, 9.17) is 9.47 Å². The van der Waals surface area contributed by atoms with E-state index in [9.17, 15) is 4.79 Å². The Morgan fingerprint density at radius 2 is 2.20 bits per heavy atom. The molecule has 0 radical (unpaired) electrons. The molecule has 0 amide bonds. The average Bonchev–Trinajstić information content (AvgIpc) is 2.82. The number of nitrogens with one attached hydrogen (secondary N) is 1. The number of carbonyl (C=O) groups excluding carboxylic acids is 1. The van der Waals surface area contributed by atoms with E-state index in [0.717, 1.165) is 23.0 Å². The van der Waals surface area contributed by atoms with Crippen molar-refractivity contribution in [2.75, 3.05) is 39.3 Å². The van der Waals surface area contributed by atoms with Crippen LogP contribution in [-0.4, -0.2) is 45.3 Å². The summed E-state index contributed by atoms with van der Waals surface area (Å²) in [6.45, 7) is 3.71. The third-order valence-electron chi connectivity index (χ3n) is 2.55. The van der Waals surface area contributed by atoms with Crippen LogP contribution < -0.4 is 15.0 Å². The summed E-state index contributed by atoms with van der Waals surface area (Å²) < 4.78 is 10.1. The van der Waals surface area contributed by atoms with Gasteiger partial charge in [-0.25, -0.2) is 0 Å². The van der Waals surface area contributed by atoms with E-state index >= 15 is 0 Å². The minimum atomic E-state index is -0.139. The Hall–Kier alpha value is -1.34. The van der Waals surface area contributed by atoms with Crippen molar-refractivity contribution in [2.24, 2.45) is 0 Å². The van der Waals surface area contributed by atoms with Crippen LogP contribution in [0.1, 0.15) is 24.6 Å². The highest BCUT2D eigenvalue weighted by atomic mass is 32.1. The number of carbonyl (C=O) groups is 1. The van der Waals surface area contributed by atoms with Gasteiger partial charge in [-0.3, -0.25) is 4.79 Å². The predicted molar refractivity (Wildman–Crippen MR) is 80.6 cm³/mol. The fourth-order valence-corrected chi connectivity index (χ4v) is 2.50. The van der Waals surface area contributed by atoms with Gasteiger partial charge in [0.05, 0.1) is 18.6 Å². The highest BCUT2D eigenvalue weighted by Crippen LogP contribution is 2.30. The quantitative estimate of drug-likeness (QED) is 0.553. The number of nitrogens with zero attached hydrogens (tertiary/aromatic N) is 2. The second-order valence-electron chi connectivity index (χ2n) is 4.41. The van der Waals surface area contributed by atoms with Gasteiger partial charge in [-0.15, -0.1) is 0 Å². The van der Waals surface area contributed by atoms with Gasteiger partial charge in [0.2, 0.25) is 5.88 Å². The van der Waals surface area contributed by atoms with Crippen LogP contribution in [-0.2, 0) is 16.1 Å². The molecule has 0 saturated carbocycles. The molecule has 0 bridgehead atoms. The molecule has 0 unspecified atom stereocenters. The Morgan fingerprint density at radius 3 is 2.80 bits per heavy atom. The SMILES string of the molecule is CCOC(=O)CCCNCc1sc(N(C)C)nc1OC. The van der Waals surface area contributed by atoms with Crippen LogP contribution in [0.25, 0.3) is 0 Å². The molecule has 0 spiro atoms. The molecule has 6 nitrogen and oxygen atoms in total. The highest BCUT2D eigenvalue weighted by molar-refractivity contribution is 7.15. The molecule has 1 heterocycles. The third-order valence-corrected chi connectivity index (χ3v) is 3.76. The Morgan fingerprint density at radius 1 is 1.45 bits per heavy atom. The summed E-state index contributed by atoms with van der Waals surface area (Å²) in [4.78, 5) is 18.6. The standard InChI is InChI=1S/C13H23N3O3S/c1-5-19-11(17)7-6-8-14-9-10-12(18-4)15-13(20-10)16(2)3/h14H,5-9H2,1-4H3. The molecule has 0 aliphatic rings. The lowest BCUT2D eigenvalue weighted by molar-refractivity contribution is -0.143. The minimum Gasteiger partial charge on any atom is -0.480 e. The van der Waals surface area contributed by atoms with Crippen molar-refractivity contribution in [3.8, 4) is 5.88 Å². The molecular formula is C13H23N3O3S. The topological polar surface area (TPSA) is 63.7 Å². The first-order chi connectivity index (χ1) is 9.58. The number of esters is 1. The maximum absolute atomic E-state index is 11.2.